The number of esters is 1. The zero-order chi connectivity index (χ0) is 47.3. The second kappa shape index (κ2) is 39.8. The van der Waals surface area contributed by atoms with Crippen LogP contribution < -0.4 is 0 Å². The molecule has 2 aliphatic rings. The van der Waals surface area contributed by atoms with Crippen LogP contribution in [0.1, 0.15) is 219 Å². The molecular formula is C51H98O14. The van der Waals surface area contributed by atoms with Crippen molar-refractivity contribution >= 4 is 5.97 Å². The molecule has 0 spiro atoms. The topological polar surface area (TPSA) is 214 Å². The molecule has 0 aliphatic carbocycles. The van der Waals surface area contributed by atoms with Crippen molar-refractivity contribution in [3.05, 3.63) is 0 Å². The molecule has 11 atom stereocenters. The van der Waals surface area contributed by atoms with Crippen LogP contribution in [0.5, 0.6) is 0 Å². The summed E-state index contributed by atoms with van der Waals surface area (Å²) in [5.41, 5.74) is 0. The predicted octanol–water partition coefficient (Wildman–Crippen LogP) is 8.08. The van der Waals surface area contributed by atoms with Gasteiger partial charge in [-0.3, -0.25) is 4.79 Å². The van der Waals surface area contributed by atoms with Gasteiger partial charge in [0.2, 0.25) is 0 Å². The van der Waals surface area contributed by atoms with Gasteiger partial charge in [-0.25, -0.2) is 0 Å². The Morgan fingerprint density at radius 3 is 1.25 bits per heavy atom. The van der Waals surface area contributed by atoms with Crippen molar-refractivity contribution in [3.8, 4) is 0 Å². The third kappa shape index (κ3) is 27.7. The Bertz CT molecular complexity index is 1090. The molecule has 2 fully saturated rings. The highest BCUT2D eigenvalue weighted by Crippen LogP contribution is 2.27. The Balaban J connectivity index is 1.60. The largest absolute Gasteiger partial charge is 0.457 e. The first-order valence-electron chi connectivity index (χ1n) is 26.6. The van der Waals surface area contributed by atoms with Crippen LogP contribution in [0.2, 0.25) is 0 Å². The third-order valence-corrected chi connectivity index (χ3v) is 13.1. The highest BCUT2D eigenvalue weighted by Gasteiger charge is 2.47. The van der Waals surface area contributed by atoms with Gasteiger partial charge < -0.3 is 64.2 Å². The van der Waals surface area contributed by atoms with Crippen molar-refractivity contribution in [1.82, 2.24) is 0 Å². The van der Waals surface area contributed by atoms with E-state index < -0.39 is 80.7 Å². The van der Waals surface area contributed by atoms with Gasteiger partial charge in [0.15, 0.2) is 12.6 Å². The minimum atomic E-state index is -1.70. The third-order valence-electron chi connectivity index (χ3n) is 13.1. The van der Waals surface area contributed by atoms with Gasteiger partial charge in [0.1, 0.15) is 54.9 Å². The Morgan fingerprint density at radius 2 is 0.815 bits per heavy atom. The zero-order valence-corrected chi connectivity index (χ0v) is 41.0. The molecule has 0 aromatic carbocycles. The van der Waals surface area contributed by atoms with Gasteiger partial charge in [0.05, 0.1) is 26.4 Å². The molecule has 14 heteroatoms. The van der Waals surface area contributed by atoms with Crippen molar-refractivity contribution in [3.63, 3.8) is 0 Å². The maximum Gasteiger partial charge on any atom is 0.306 e. The van der Waals surface area contributed by atoms with Crippen molar-refractivity contribution < 1.29 is 69.0 Å². The van der Waals surface area contributed by atoms with E-state index in [0.29, 0.717) is 13.0 Å². The lowest BCUT2D eigenvalue weighted by atomic mass is 9.98. The highest BCUT2D eigenvalue weighted by atomic mass is 16.7. The van der Waals surface area contributed by atoms with Gasteiger partial charge >= 0.3 is 5.97 Å². The Morgan fingerprint density at radius 1 is 0.446 bits per heavy atom. The van der Waals surface area contributed by atoms with E-state index in [1.807, 2.05) is 0 Å². The van der Waals surface area contributed by atoms with E-state index in [4.69, 9.17) is 28.4 Å². The van der Waals surface area contributed by atoms with E-state index >= 15 is 0 Å². The van der Waals surface area contributed by atoms with Crippen molar-refractivity contribution in [2.24, 2.45) is 0 Å². The SMILES string of the molecule is CCCCCCCCCCCCCCCCCCCCCCCCCCCOCC(COC1OC(COC2OC(CO)C(O)C(O)C2O)C(O)C(O)C1O)OC(=O)CCCCCCCC. The van der Waals surface area contributed by atoms with Gasteiger partial charge in [-0.1, -0.05) is 200 Å². The molecule has 65 heavy (non-hydrogen) atoms. The molecule has 386 valence electrons. The second-order valence-electron chi connectivity index (χ2n) is 19.1. The van der Waals surface area contributed by atoms with Crippen molar-refractivity contribution in [2.75, 3.05) is 33.0 Å². The number of aliphatic hydroxyl groups excluding tert-OH is 7. The molecule has 7 N–H and O–H groups in total. The molecule has 0 amide bonds. The van der Waals surface area contributed by atoms with Gasteiger partial charge in [-0.05, 0) is 12.8 Å². The fourth-order valence-electron chi connectivity index (χ4n) is 8.76. The molecule has 2 rings (SSSR count). The van der Waals surface area contributed by atoms with Gasteiger partial charge in [-0.15, -0.1) is 0 Å². The van der Waals surface area contributed by atoms with Crippen molar-refractivity contribution in [1.29, 1.82) is 0 Å². The smallest absolute Gasteiger partial charge is 0.306 e. The van der Waals surface area contributed by atoms with E-state index in [-0.39, 0.29) is 25.6 Å². The molecule has 11 unspecified atom stereocenters. The first-order chi connectivity index (χ1) is 31.6. The summed E-state index contributed by atoms with van der Waals surface area (Å²) in [7, 11) is 0. The number of hydrogen-bond donors (Lipinski definition) is 7. The first-order valence-corrected chi connectivity index (χ1v) is 26.6. The zero-order valence-electron chi connectivity index (χ0n) is 41.0. The summed E-state index contributed by atoms with van der Waals surface area (Å²) in [6.45, 7) is 3.66. The fraction of sp³-hybridized carbons (Fsp3) is 0.980. The first kappa shape index (κ1) is 60.1. The van der Waals surface area contributed by atoms with Crippen LogP contribution in [0, 0.1) is 0 Å². The van der Waals surface area contributed by atoms with Gasteiger partial charge in [-0.2, -0.15) is 0 Å². The van der Waals surface area contributed by atoms with Crippen LogP contribution in [0.25, 0.3) is 0 Å². The predicted molar refractivity (Wildman–Crippen MR) is 252 cm³/mol. The lowest BCUT2D eigenvalue weighted by Crippen LogP contribution is -2.61. The Labute approximate surface area is 393 Å². The molecule has 0 saturated carbocycles. The van der Waals surface area contributed by atoms with E-state index in [1.54, 1.807) is 0 Å². The lowest BCUT2D eigenvalue weighted by Gasteiger charge is -2.42. The quantitative estimate of drug-likeness (QED) is 0.0228. The number of hydrogen-bond acceptors (Lipinski definition) is 14. The van der Waals surface area contributed by atoms with Gasteiger partial charge in [0, 0.05) is 13.0 Å². The summed E-state index contributed by atoms with van der Waals surface area (Å²) in [6.07, 6.45) is 23.7. The van der Waals surface area contributed by atoms with Crippen LogP contribution in [-0.2, 0) is 33.2 Å². The molecule has 2 heterocycles. The van der Waals surface area contributed by atoms with Crippen LogP contribution in [-0.4, -0.2) is 142 Å². The van der Waals surface area contributed by atoms with E-state index in [9.17, 15) is 40.5 Å². The summed E-state index contributed by atoms with van der Waals surface area (Å²) in [4.78, 5) is 12.8. The standard InChI is InChI=1S/C51H98O14/c1-3-5-7-9-11-12-13-14-15-16-17-18-19-20-21-22-23-24-25-26-27-28-29-31-33-35-60-37-40(63-43(53)34-32-30-10-8-6-4-2)38-61-50-49(59)47(57)45(55)42(65-50)39-62-51-48(58)46(56)44(54)41(36-52)64-51/h40-42,44-52,54-59H,3-39H2,1-2H3. The summed E-state index contributed by atoms with van der Waals surface area (Å²) >= 11 is 0. The molecular weight excluding hydrogens is 837 g/mol. The monoisotopic (exact) mass is 935 g/mol. The maximum absolute atomic E-state index is 12.8. The van der Waals surface area contributed by atoms with Crippen molar-refractivity contribution in [2.45, 2.75) is 287 Å². The Hall–Kier alpha value is -1.01. The van der Waals surface area contributed by atoms with Crippen LogP contribution in [0.3, 0.4) is 0 Å². The highest BCUT2D eigenvalue weighted by molar-refractivity contribution is 5.69. The summed E-state index contributed by atoms with van der Waals surface area (Å²) in [5, 5.41) is 71.9. The normalized spacial score (nSPS) is 26.4. The second-order valence-corrected chi connectivity index (χ2v) is 19.1. The fourth-order valence-corrected chi connectivity index (χ4v) is 8.76. The Kier molecular flexibility index (Phi) is 36.8. The van der Waals surface area contributed by atoms with Gasteiger partial charge in [0.25, 0.3) is 0 Å². The molecule has 14 nitrogen and oxygen atoms in total. The average Bonchev–Trinajstić information content (AvgIpc) is 3.30. The summed E-state index contributed by atoms with van der Waals surface area (Å²) in [5.74, 6) is -0.380. The average molecular weight is 935 g/mol. The molecule has 0 aromatic heterocycles. The summed E-state index contributed by atoms with van der Waals surface area (Å²) < 4.78 is 34.1. The maximum atomic E-state index is 12.8. The number of aliphatic hydroxyl groups is 7. The minimum absolute atomic E-state index is 0.0687. The minimum Gasteiger partial charge on any atom is -0.457 e. The van der Waals surface area contributed by atoms with Crippen LogP contribution >= 0.6 is 0 Å². The molecule has 2 aliphatic heterocycles. The molecule has 0 radical (unpaired) electrons. The number of ether oxygens (including phenoxy) is 6. The number of rotatable bonds is 43. The number of unbranched alkanes of at least 4 members (excludes halogenated alkanes) is 29. The summed E-state index contributed by atoms with van der Waals surface area (Å²) in [6, 6.07) is 0. The van der Waals surface area contributed by atoms with Crippen LogP contribution in [0.15, 0.2) is 0 Å². The number of carbonyl (C=O) groups excluding carboxylic acids is 1. The molecule has 2 saturated heterocycles. The molecule has 0 aromatic rings. The van der Waals surface area contributed by atoms with E-state index in [1.165, 1.54) is 148 Å². The number of carbonyl (C=O) groups is 1. The van der Waals surface area contributed by atoms with E-state index in [2.05, 4.69) is 13.8 Å². The lowest BCUT2D eigenvalue weighted by molar-refractivity contribution is -0.332. The molecule has 0 bridgehead atoms. The van der Waals surface area contributed by atoms with E-state index in [0.717, 1.165) is 44.9 Å². The van der Waals surface area contributed by atoms with Crippen LogP contribution in [0.4, 0.5) is 0 Å².